The van der Waals surface area contributed by atoms with E-state index in [2.05, 4.69) is 21.2 Å². The topological polar surface area (TPSA) is 21.3 Å². The molecular weight excluding hydrogens is 273 g/mol. The van der Waals surface area contributed by atoms with Crippen LogP contribution in [0.1, 0.15) is 12.8 Å². The number of benzene rings is 1. The Hall–Kier alpha value is -0.610. The van der Waals surface area contributed by atoms with Crippen molar-refractivity contribution >= 4 is 15.9 Å². The fraction of sp³-hybridized carbons (Fsp3) is 0.500. The van der Waals surface area contributed by atoms with Gasteiger partial charge in [-0.1, -0.05) is 6.07 Å². The Kier molecular flexibility index (Phi) is 4.18. The lowest BCUT2D eigenvalue weighted by Crippen LogP contribution is -2.30. The Bertz CT molecular complexity index is 353. The van der Waals surface area contributed by atoms with Gasteiger partial charge < -0.3 is 10.1 Å². The van der Waals surface area contributed by atoms with Crippen molar-refractivity contribution in [3.05, 3.63) is 28.5 Å². The minimum absolute atomic E-state index is 0.309. The Morgan fingerprint density at radius 3 is 2.88 bits per heavy atom. The van der Waals surface area contributed by atoms with Crippen molar-refractivity contribution in [2.75, 3.05) is 19.7 Å². The highest BCUT2D eigenvalue weighted by Gasteiger charge is 2.15. The summed E-state index contributed by atoms with van der Waals surface area (Å²) in [5, 5.41) is 3.30. The third-order valence-electron chi connectivity index (χ3n) is 2.85. The summed E-state index contributed by atoms with van der Waals surface area (Å²) in [6, 6.07) is 5.12. The van der Waals surface area contributed by atoms with Gasteiger partial charge in [-0.3, -0.25) is 0 Å². The maximum Gasteiger partial charge on any atom is 0.179 e. The van der Waals surface area contributed by atoms with Gasteiger partial charge in [0.05, 0.1) is 11.1 Å². The largest absolute Gasteiger partial charge is 0.490 e. The smallest absolute Gasteiger partial charge is 0.179 e. The average Bonchev–Trinajstić information content (AvgIpc) is 2.32. The van der Waals surface area contributed by atoms with E-state index in [0.717, 1.165) is 25.9 Å². The second-order valence-electron chi connectivity index (χ2n) is 4.06. The molecule has 0 bridgehead atoms. The minimum Gasteiger partial charge on any atom is -0.490 e. The predicted molar refractivity (Wildman–Crippen MR) is 65.2 cm³/mol. The molecule has 2 rings (SSSR count). The van der Waals surface area contributed by atoms with Crippen LogP contribution in [0, 0.1) is 11.7 Å². The summed E-state index contributed by atoms with van der Waals surface area (Å²) < 4.78 is 19.5. The Morgan fingerprint density at radius 1 is 1.38 bits per heavy atom. The van der Waals surface area contributed by atoms with Crippen molar-refractivity contribution in [1.82, 2.24) is 5.32 Å². The molecule has 0 amide bonds. The van der Waals surface area contributed by atoms with Crippen LogP contribution in [0.4, 0.5) is 4.39 Å². The van der Waals surface area contributed by atoms with E-state index in [-0.39, 0.29) is 5.82 Å². The molecule has 0 aromatic heterocycles. The number of hydrogen-bond donors (Lipinski definition) is 1. The van der Waals surface area contributed by atoms with Crippen LogP contribution in [0.3, 0.4) is 0 Å². The Morgan fingerprint density at radius 2 is 2.12 bits per heavy atom. The SMILES string of the molecule is Fc1c(Br)cccc1OCC1CCNCC1. The molecule has 2 nitrogen and oxygen atoms in total. The molecule has 1 aliphatic heterocycles. The van der Waals surface area contributed by atoms with Gasteiger partial charge in [-0.05, 0) is 59.9 Å². The number of ether oxygens (including phenoxy) is 1. The Balaban J connectivity index is 1.91. The quantitative estimate of drug-likeness (QED) is 0.923. The van der Waals surface area contributed by atoms with E-state index in [1.165, 1.54) is 0 Å². The number of rotatable bonds is 3. The van der Waals surface area contributed by atoms with Crippen LogP contribution in [0.15, 0.2) is 22.7 Å². The van der Waals surface area contributed by atoms with Gasteiger partial charge in [0.2, 0.25) is 0 Å². The highest BCUT2D eigenvalue weighted by molar-refractivity contribution is 9.10. The Labute approximate surface area is 103 Å². The summed E-state index contributed by atoms with van der Waals surface area (Å²) >= 11 is 3.15. The van der Waals surface area contributed by atoms with Crippen molar-refractivity contribution in [2.24, 2.45) is 5.92 Å². The van der Waals surface area contributed by atoms with E-state index < -0.39 is 0 Å². The van der Waals surface area contributed by atoms with E-state index in [4.69, 9.17) is 4.74 Å². The molecule has 1 heterocycles. The summed E-state index contributed by atoms with van der Waals surface area (Å²) in [6.45, 7) is 2.68. The molecule has 1 aromatic carbocycles. The minimum atomic E-state index is -0.309. The van der Waals surface area contributed by atoms with Crippen LogP contribution in [0.25, 0.3) is 0 Å². The van der Waals surface area contributed by atoms with E-state index in [1.807, 2.05) is 0 Å². The molecule has 1 aliphatic rings. The van der Waals surface area contributed by atoms with Crippen molar-refractivity contribution in [3.8, 4) is 5.75 Å². The summed E-state index contributed by atoms with van der Waals surface area (Å²) in [6.07, 6.45) is 2.21. The lowest BCUT2D eigenvalue weighted by atomic mass is 9.99. The number of nitrogens with one attached hydrogen (secondary N) is 1. The van der Waals surface area contributed by atoms with E-state index in [1.54, 1.807) is 18.2 Å². The highest BCUT2D eigenvalue weighted by Crippen LogP contribution is 2.25. The second kappa shape index (κ2) is 5.64. The third kappa shape index (κ3) is 2.95. The molecule has 0 unspecified atom stereocenters. The van der Waals surface area contributed by atoms with Gasteiger partial charge in [-0.25, -0.2) is 4.39 Å². The monoisotopic (exact) mass is 287 g/mol. The molecule has 16 heavy (non-hydrogen) atoms. The van der Waals surface area contributed by atoms with E-state index >= 15 is 0 Å². The van der Waals surface area contributed by atoms with Gasteiger partial charge >= 0.3 is 0 Å². The van der Waals surface area contributed by atoms with Crippen LogP contribution in [0.2, 0.25) is 0 Å². The predicted octanol–water partition coefficient (Wildman–Crippen LogP) is 2.97. The molecule has 4 heteroatoms. The average molecular weight is 288 g/mol. The summed E-state index contributed by atoms with van der Waals surface area (Å²) in [4.78, 5) is 0. The molecule has 1 aromatic rings. The number of piperidine rings is 1. The van der Waals surface area contributed by atoms with Crippen molar-refractivity contribution in [2.45, 2.75) is 12.8 Å². The third-order valence-corrected chi connectivity index (χ3v) is 3.46. The molecule has 0 radical (unpaired) electrons. The summed E-state index contributed by atoms with van der Waals surface area (Å²) in [7, 11) is 0. The van der Waals surface area contributed by atoms with Crippen LogP contribution >= 0.6 is 15.9 Å². The fourth-order valence-electron chi connectivity index (χ4n) is 1.85. The zero-order valence-corrected chi connectivity index (χ0v) is 10.6. The first-order chi connectivity index (χ1) is 7.77. The molecule has 1 N–H and O–H groups in total. The first kappa shape index (κ1) is 11.9. The number of hydrogen-bond acceptors (Lipinski definition) is 2. The van der Waals surface area contributed by atoms with Crippen molar-refractivity contribution in [3.63, 3.8) is 0 Å². The zero-order chi connectivity index (χ0) is 11.4. The molecule has 1 saturated heterocycles. The summed E-state index contributed by atoms with van der Waals surface area (Å²) in [5.41, 5.74) is 0. The highest BCUT2D eigenvalue weighted by atomic mass is 79.9. The maximum absolute atomic E-state index is 13.6. The molecular formula is C12H15BrFNO. The maximum atomic E-state index is 13.6. The van der Waals surface area contributed by atoms with Gasteiger partial charge in [0.25, 0.3) is 0 Å². The first-order valence-corrected chi connectivity index (χ1v) is 6.34. The second-order valence-corrected chi connectivity index (χ2v) is 4.91. The lowest BCUT2D eigenvalue weighted by Gasteiger charge is -2.22. The van der Waals surface area contributed by atoms with Crippen LogP contribution in [0.5, 0.6) is 5.75 Å². The van der Waals surface area contributed by atoms with E-state index in [0.29, 0.717) is 22.7 Å². The molecule has 0 aliphatic carbocycles. The van der Waals surface area contributed by atoms with Crippen LogP contribution in [-0.4, -0.2) is 19.7 Å². The van der Waals surface area contributed by atoms with E-state index in [9.17, 15) is 4.39 Å². The zero-order valence-electron chi connectivity index (χ0n) is 9.01. The van der Waals surface area contributed by atoms with Crippen molar-refractivity contribution in [1.29, 1.82) is 0 Å². The van der Waals surface area contributed by atoms with Gasteiger partial charge in [-0.15, -0.1) is 0 Å². The van der Waals surface area contributed by atoms with Crippen molar-refractivity contribution < 1.29 is 9.13 Å². The van der Waals surface area contributed by atoms with Crippen LogP contribution < -0.4 is 10.1 Å². The molecule has 0 saturated carbocycles. The van der Waals surface area contributed by atoms with Crippen LogP contribution in [-0.2, 0) is 0 Å². The molecule has 0 atom stereocenters. The van der Waals surface area contributed by atoms with Gasteiger partial charge in [0.15, 0.2) is 11.6 Å². The van der Waals surface area contributed by atoms with Gasteiger partial charge in [-0.2, -0.15) is 0 Å². The number of halogens is 2. The molecule has 88 valence electrons. The lowest BCUT2D eigenvalue weighted by molar-refractivity contribution is 0.208. The standard InChI is InChI=1S/C12H15BrFNO/c13-10-2-1-3-11(12(10)14)16-8-9-4-6-15-7-5-9/h1-3,9,15H,4-8H2. The molecule has 1 fully saturated rings. The van der Waals surface area contributed by atoms with Gasteiger partial charge in [0.1, 0.15) is 0 Å². The molecule has 0 spiro atoms. The fourth-order valence-corrected chi connectivity index (χ4v) is 2.20. The first-order valence-electron chi connectivity index (χ1n) is 5.55. The summed E-state index contributed by atoms with van der Waals surface area (Å²) in [5.74, 6) is 0.573. The van der Waals surface area contributed by atoms with Gasteiger partial charge in [0, 0.05) is 0 Å². The normalized spacial score (nSPS) is 17.4.